The molecule has 1 aliphatic carbocycles. The summed E-state index contributed by atoms with van der Waals surface area (Å²) >= 11 is 0. The maximum atomic E-state index is 12.7. The highest BCUT2D eigenvalue weighted by Gasteiger charge is 2.52. The average Bonchev–Trinajstić information content (AvgIpc) is 2.91. The van der Waals surface area contributed by atoms with Crippen LogP contribution in [0, 0.1) is 17.8 Å². The Bertz CT molecular complexity index is 909. The first-order valence-corrected chi connectivity index (χ1v) is 9.68. The lowest BCUT2D eigenvalue weighted by Crippen LogP contribution is -2.49. The van der Waals surface area contributed by atoms with E-state index in [2.05, 4.69) is 29.4 Å². The van der Waals surface area contributed by atoms with E-state index in [9.17, 15) is 27.6 Å². The number of nitrogens with zero attached hydrogens (tertiary/aromatic N) is 1. The predicted molar refractivity (Wildman–Crippen MR) is 102 cm³/mol. The minimum absolute atomic E-state index is 0.124. The molecule has 2 N–H and O–H groups in total. The highest BCUT2D eigenvalue weighted by molar-refractivity contribution is 6.09. The summed E-state index contributed by atoms with van der Waals surface area (Å²) in [5.41, 5.74) is -1.54. The van der Waals surface area contributed by atoms with Crippen LogP contribution in [0.25, 0.3) is 0 Å². The van der Waals surface area contributed by atoms with Crippen LogP contribution in [0.5, 0.6) is 0 Å². The lowest BCUT2D eigenvalue weighted by molar-refractivity contribution is -0.137. The van der Waals surface area contributed by atoms with Crippen LogP contribution < -0.4 is 10.6 Å². The van der Waals surface area contributed by atoms with E-state index >= 15 is 0 Å². The molecule has 6 nitrogen and oxygen atoms in total. The summed E-state index contributed by atoms with van der Waals surface area (Å²) in [6.07, 6.45) is -1.69. The second-order valence-corrected chi connectivity index (χ2v) is 7.74. The molecule has 160 valence electrons. The summed E-state index contributed by atoms with van der Waals surface area (Å²) in [7, 11) is 0. The molecule has 9 heteroatoms. The van der Waals surface area contributed by atoms with E-state index in [1.54, 1.807) is 0 Å². The fourth-order valence-corrected chi connectivity index (χ4v) is 3.68. The molecule has 1 aromatic rings. The third-order valence-corrected chi connectivity index (χ3v) is 5.47. The summed E-state index contributed by atoms with van der Waals surface area (Å²) < 4.78 is 38.1. The standard InChI is InChI=1S/C21H22F3N3O3/c1-14-7-9-20(10-8-14)18(29)27(19(30)26-20)13-17(28)25-11-3-5-15-4-2-6-16(12-15)21(22,23)24/h2,4,6,12,14H,7-11,13H2,1H3,(H,25,28)(H,26,30). The molecule has 30 heavy (non-hydrogen) atoms. The number of carbonyl (C=O) groups is 3. The molecule has 3 rings (SSSR count). The van der Waals surface area contributed by atoms with Crippen molar-refractivity contribution in [2.24, 2.45) is 5.92 Å². The van der Waals surface area contributed by atoms with Gasteiger partial charge in [-0.05, 0) is 49.8 Å². The van der Waals surface area contributed by atoms with Crippen molar-refractivity contribution < 1.29 is 27.6 Å². The van der Waals surface area contributed by atoms with Crippen molar-refractivity contribution in [1.82, 2.24) is 15.5 Å². The number of hydrogen-bond acceptors (Lipinski definition) is 3. The maximum absolute atomic E-state index is 12.7. The lowest BCUT2D eigenvalue weighted by Gasteiger charge is -2.33. The van der Waals surface area contributed by atoms with Gasteiger partial charge in [-0.2, -0.15) is 13.2 Å². The van der Waals surface area contributed by atoms with E-state index in [1.807, 2.05) is 0 Å². The van der Waals surface area contributed by atoms with Gasteiger partial charge in [-0.1, -0.05) is 24.8 Å². The Labute approximate surface area is 172 Å². The minimum Gasteiger partial charge on any atom is -0.344 e. The van der Waals surface area contributed by atoms with Gasteiger partial charge < -0.3 is 10.6 Å². The van der Waals surface area contributed by atoms with E-state index in [0.29, 0.717) is 18.8 Å². The molecule has 0 unspecified atom stereocenters. The zero-order chi connectivity index (χ0) is 21.9. The Kier molecular flexibility index (Phi) is 6.06. The van der Waals surface area contributed by atoms with Crippen molar-refractivity contribution in [2.45, 2.75) is 44.3 Å². The number of amides is 4. The van der Waals surface area contributed by atoms with E-state index in [0.717, 1.165) is 29.9 Å². The molecule has 1 spiro atoms. The topological polar surface area (TPSA) is 78.5 Å². The monoisotopic (exact) mass is 421 g/mol. The number of carbonyl (C=O) groups excluding carboxylic acids is 3. The molecule has 0 atom stereocenters. The predicted octanol–water partition coefficient (Wildman–Crippen LogP) is 2.67. The molecule has 1 aromatic carbocycles. The molecule has 1 aliphatic heterocycles. The number of rotatable bonds is 3. The van der Waals surface area contributed by atoms with Gasteiger partial charge in [-0.3, -0.25) is 14.5 Å². The van der Waals surface area contributed by atoms with Gasteiger partial charge in [0.05, 0.1) is 12.1 Å². The molecule has 2 fully saturated rings. The van der Waals surface area contributed by atoms with Crippen molar-refractivity contribution in [1.29, 1.82) is 0 Å². The van der Waals surface area contributed by atoms with Crippen LogP contribution in [0.2, 0.25) is 0 Å². The molecule has 0 radical (unpaired) electrons. The zero-order valence-electron chi connectivity index (χ0n) is 16.4. The van der Waals surface area contributed by atoms with Gasteiger partial charge in [0.15, 0.2) is 0 Å². The number of alkyl halides is 3. The number of hydrogen-bond donors (Lipinski definition) is 2. The van der Waals surface area contributed by atoms with Gasteiger partial charge in [0.1, 0.15) is 12.1 Å². The molecule has 0 bridgehead atoms. The van der Waals surface area contributed by atoms with Gasteiger partial charge in [-0.25, -0.2) is 4.79 Å². The third-order valence-electron chi connectivity index (χ3n) is 5.47. The maximum Gasteiger partial charge on any atom is 0.416 e. The smallest absolute Gasteiger partial charge is 0.344 e. The summed E-state index contributed by atoms with van der Waals surface area (Å²) in [5.74, 6) is 4.65. The Balaban J connectivity index is 1.53. The van der Waals surface area contributed by atoms with Gasteiger partial charge in [0, 0.05) is 5.56 Å². The van der Waals surface area contributed by atoms with E-state index in [4.69, 9.17) is 0 Å². The van der Waals surface area contributed by atoms with Crippen LogP contribution in [0.15, 0.2) is 24.3 Å². The second-order valence-electron chi connectivity index (χ2n) is 7.74. The van der Waals surface area contributed by atoms with E-state index in [1.165, 1.54) is 12.1 Å². The molecule has 1 heterocycles. The van der Waals surface area contributed by atoms with Crippen molar-refractivity contribution in [3.8, 4) is 11.8 Å². The Morgan fingerprint density at radius 2 is 2.00 bits per heavy atom. The molecule has 1 saturated heterocycles. The zero-order valence-corrected chi connectivity index (χ0v) is 16.4. The summed E-state index contributed by atoms with van der Waals surface area (Å²) in [4.78, 5) is 37.9. The largest absolute Gasteiger partial charge is 0.416 e. The second kappa shape index (κ2) is 8.38. The first-order chi connectivity index (χ1) is 14.1. The van der Waals surface area contributed by atoms with Gasteiger partial charge in [0.25, 0.3) is 5.91 Å². The van der Waals surface area contributed by atoms with Crippen molar-refractivity contribution in [3.05, 3.63) is 35.4 Å². The molecular weight excluding hydrogens is 399 g/mol. The summed E-state index contributed by atoms with van der Waals surface area (Å²) in [6.45, 7) is 1.55. The van der Waals surface area contributed by atoms with Crippen LogP contribution in [-0.4, -0.2) is 41.4 Å². The fraction of sp³-hybridized carbons (Fsp3) is 0.476. The van der Waals surface area contributed by atoms with Gasteiger partial charge in [-0.15, -0.1) is 0 Å². The van der Waals surface area contributed by atoms with Crippen LogP contribution in [0.3, 0.4) is 0 Å². The molecule has 2 aliphatic rings. The fourth-order valence-electron chi connectivity index (χ4n) is 3.68. The number of halogens is 3. The number of imide groups is 1. The first kappa shape index (κ1) is 21.7. The van der Waals surface area contributed by atoms with Crippen LogP contribution in [0.1, 0.15) is 43.7 Å². The van der Waals surface area contributed by atoms with Crippen molar-refractivity contribution in [2.75, 3.05) is 13.1 Å². The Morgan fingerprint density at radius 3 is 2.67 bits per heavy atom. The average molecular weight is 421 g/mol. The minimum atomic E-state index is -4.46. The van der Waals surface area contributed by atoms with Gasteiger partial charge in [0.2, 0.25) is 5.91 Å². The molecule has 1 saturated carbocycles. The van der Waals surface area contributed by atoms with Crippen molar-refractivity contribution >= 4 is 17.8 Å². The number of urea groups is 1. The first-order valence-electron chi connectivity index (χ1n) is 9.68. The number of nitrogens with one attached hydrogen (secondary N) is 2. The SMILES string of the molecule is CC1CCC2(CC1)NC(=O)N(CC(=O)NCC#Cc1cccc(C(F)(F)F)c1)C2=O. The van der Waals surface area contributed by atoms with Crippen molar-refractivity contribution in [3.63, 3.8) is 0 Å². The number of benzene rings is 1. The lowest BCUT2D eigenvalue weighted by atomic mass is 9.77. The van der Waals surface area contributed by atoms with Crippen LogP contribution >= 0.6 is 0 Å². The summed E-state index contributed by atoms with van der Waals surface area (Å²) in [5, 5.41) is 5.19. The van der Waals surface area contributed by atoms with Crippen LogP contribution in [0.4, 0.5) is 18.0 Å². The Hall–Kier alpha value is -3.02. The molecular formula is C21H22F3N3O3. The van der Waals surface area contributed by atoms with Crippen LogP contribution in [-0.2, 0) is 15.8 Å². The summed E-state index contributed by atoms with van der Waals surface area (Å²) in [6, 6.07) is 3.98. The third kappa shape index (κ3) is 4.75. The highest BCUT2D eigenvalue weighted by Crippen LogP contribution is 2.36. The van der Waals surface area contributed by atoms with E-state index in [-0.39, 0.29) is 18.0 Å². The molecule has 4 amide bonds. The van der Waals surface area contributed by atoms with Gasteiger partial charge >= 0.3 is 12.2 Å². The Morgan fingerprint density at radius 1 is 1.30 bits per heavy atom. The normalized spacial score (nSPS) is 23.7. The quantitative estimate of drug-likeness (QED) is 0.582. The molecule has 0 aromatic heterocycles. The van der Waals surface area contributed by atoms with E-state index < -0.39 is 35.8 Å². The highest BCUT2D eigenvalue weighted by atomic mass is 19.4.